The molecule has 130 valence electrons. The van der Waals surface area contributed by atoms with Crippen LogP contribution in [0.15, 0.2) is 42.5 Å². The lowest BCUT2D eigenvalue weighted by atomic mass is 10.00. The number of methoxy groups -OCH3 is 1. The van der Waals surface area contributed by atoms with Crippen molar-refractivity contribution in [3.05, 3.63) is 58.6 Å². The van der Waals surface area contributed by atoms with Crippen molar-refractivity contribution in [2.45, 2.75) is 19.4 Å². The van der Waals surface area contributed by atoms with E-state index in [1.165, 1.54) is 12.7 Å². The van der Waals surface area contributed by atoms with E-state index >= 15 is 0 Å². The van der Waals surface area contributed by atoms with Gasteiger partial charge in [-0.2, -0.15) is 0 Å². The number of fused-ring (bicyclic) bond motifs is 1. The molecule has 1 heterocycles. The minimum absolute atomic E-state index is 0.187. The van der Waals surface area contributed by atoms with Crippen LogP contribution in [0.4, 0.5) is 5.69 Å². The molecule has 2 amide bonds. The number of hydrogen-bond acceptors (Lipinski definition) is 3. The maximum Gasteiger partial charge on any atom is 0.233 e. The van der Waals surface area contributed by atoms with Gasteiger partial charge in [-0.3, -0.25) is 9.59 Å². The summed E-state index contributed by atoms with van der Waals surface area (Å²) >= 11 is 5.95. The number of carbonyl (C=O) groups is 2. The highest BCUT2D eigenvalue weighted by molar-refractivity contribution is 6.31. The van der Waals surface area contributed by atoms with E-state index in [0.717, 1.165) is 12.0 Å². The van der Waals surface area contributed by atoms with Crippen molar-refractivity contribution in [2.75, 3.05) is 19.0 Å². The monoisotopic (exact) mass is 358 g/mol. The van der Waals surface area contributed by atoms with Crippen LogP contribution in [0.1, 0.15) is 17.5 Å². The van der Waals surface area contributed by atoms with Crippen LogP contribution in [-0.4, -0.2) is 30.4 Å². The van der Waals surface area contributed by atoms with Crippen molar-refractivity contribution in [3.63, 3.8) is 0 Å². The molecule has 0 unspecified atom stereocenters. The summed E-state index contributed by atoms with van der Waals surface area (Å²) < 4.78 is 5.19. The standard InChI is InChI=1S/C19H19ClN2O3/c1-25-17-7-6-15(20)10-16(17)21-18(23)11-19(24)22-9-8-13-4-2-3-5-14(13)12-22/h2-7,10H,8-9,11-12H2,1H3,(H,21,23). The Bertz CT molecular complexity index is 807. The number of hydrogen-bond donors (Lipinski definition) is 1. The van der Waals surface area contributed by atoms with Crippen LogP contribution in [0.25, 0.3) is 0 Å². The fourth-order valence-electron chi connectivity index (χ4n) is 2.93. The second-order valence-corrected chi connectivity index (χ2v) is 6.34. The lowest BCUT2D eigenvalue weighted by Crippen LogP contribution is -2.37. The van der Waals surface area contributed by atoms with E-state index < -0.39 is 0 Å². The number of rotatable bonds is 4. The molecule has 6 heteroatoms. The van der Waals surface area contributed by atoms with Gasteiger partial charge >= 0.3 is 0 Å². The molecule has 1 N–H and O–H groups in total. The second kappa shape index (κ2) is 7.57. The molecule has 0 bridgehead atoms. The Morgan fingerprint density at radius 2 is 1.96 bits per heavy atom. The van der Waals surface area contributed by atoms with E-state index in [4.69, 9.17) is 16.3 Å². The Morgan fingerprint density at radius 1 is 1.20 bits per heavy atom. The van der Waals surface area contributed by atoms with Crippen LogP contribution in [0.2, 0.25) is 5.02 Å². The Balaban J connectivity index is 1.62. The lowest BCUT2D eigenvalue weighted by molar-refractivity contribution is -0.135. The van der Waals surface area contributed by atoms with E-state index in [0.29, 0.717) is 29.5 Å². The zero-order chi connectivity index (χ0) is 17.8. The van der Waals surface area contributed by atoms with E-state index in [1.54, 1.807) is 23.1 Å². The molecule has 1 aliphatic heterocycles. The predicted octanol–water partition coefficient (Wildman–Crippen LogP) is 3.26. The SMILES string of the molecule is COc1ccc(Cl)cc1NC(=O)CC(=O)N1CCc2ccccc2C1. The summed E-state index contributed by atoms with van der Waals surface area (Å²) in [4.78, 5) is 26.4. The van der Waals surface area contributed by atoms with Crippen LogP contribution >= 0.6 is 11.6 Å². The van der Waals surface area contributed by atoms with Crippen LogP contribution < -0.4 is 10.1 Å². The summed E-state index contributed by atoms with van der Waals surface area (Å²) in [5.74, 6) is -0.0745. The number of amides is 2. The van der Waals surface area contributed by atoms with Gasteiger partial charge < -0.3 is 15.0 Å². The quantitative estimate of drug-likeness (QED) is 0.853. The molecule has 1 aliphatic rings. The summed E-state index contributed by atoms with van der Waals surface area (Å²) in [5, 5.41) is 3.18. The van der Waals surface area contributed by atoms with Gasteiger partial charge in [0, 0.05) is 18.1 Å². The summed E-state index contributed by atoms with van der Waals surface area (Å²) in [6, 6.07) is 13.0. The third kappa shape index (κ3) is 4.12. The van der Waals surface area contributed by atoms with Gasteiger partial charge in [-0.25, -0.2) is 0 Å². The Hall–Kier alpha value is -2.53. The molecule has 0 spiro atoms. The normalized spacial score (nSPS) is 13.1. The Morgan fingerprint density at radius 3 is 2.72 bits per heavy atom. The van der Waals surface area contributed by atoms with Crippen LogP contribution in [-0.2, 0) is 22.6 Å². The molecule has 2 aromatic carbocycles. The molecule has 25 heavy (non-hydrogen) atoms. The molecular weight excluding hydrogens is 340 g/mol. The van der Waals surface area contributed by atoms with Gasteiger partial charge in [0.1, 0.15) is 12.2 Å². The van der Waals surface area contributed by atoms with E-state index in [1.807, 2.05) is 18.2 Å². The topological polar surface area (TPSA) is 58.6 Å². The third-order valence-corrected chi connectivity index (χ3v) is 4.47. The maximum absolute atomic E-state index is 12.4. The molecule has 0 saturated carbocycles. The molecule has 0 fully saturated rings. The van der Waals surface area contributed by atoms with E-state index in [9.17, 15) is 9.59 Å². The zero-order valence-electron chi connectivity index (χ0n) is 13.9. The molecule has 3 rings (SSSR count). The number of benzene rings is 2. The van der Waals surface area contributed by atoms with Gasteiger partial charge in [0.2, 0.25) is 11.8 Å². The van der Waals surface area contributed by atoms with Crippen LogP contribution in [0, 0.1) is 0 Å². The fraction of sp³-hybridized carbons (Fsp3) is 0.263. The van der Waals surface area contributed by atoms with E-state index in [-0.39, 0.29) is 18.2 Å². The smallest absolute Gasteiger partial charge is 0.233 e. The summed E-state index contributed by atoms with van der Waals surface area (Å²) in [6.07, 6.45) is 0.601. The first-order valence-electron chi connectivity index (χ1n) is 8.05. The number of ether oxygens (including phenoxy) is 1. The highest BCUT2D eigenvalue weighted by Crippen LogP contribution is 2.28. The van der Waals surface area contributed by atoms with Crippen molar-refractivity contribution in [1.29, 1.82) is 0 Å². The van der Waals surface area contributed by atoms with Gasteiger partial charge in [0.05, 0.1) is 12.8 Å². The molecule has 0 aliphatic carbocycles. The molecule has 0 radical (unpaired) electrons. The average molecular weight is 359 g/mol. The molecule has 0 saturated heterocycles. The van der Waals surface area contributed by atoms with E-state index in [2.05, 4.69) is 11.4 Å². The number of anilines is 1. The van der Waals surface area contributed by atoms with Gasteiger partial charge in [0.15, 0.2) is 0 Å². The number of nitrogens with zero attached hydrogens (tertiary/aromatic N) is 1. The third-order valence-electron chi connectivity index (χ3n) is 4.23. The molecular formula is C19H19ClN2O3. The summed E-state index contributed by atoms with van der Waals surface area (Å²) in [5.41, 5.74) is 2.86. The minimum Gasteiger partial charge on any atom is -0.495 e. The maximum atomic E-state index is 12.4. The molecule has 0 aromatic heterocycles. The van der Waals surface area contributed by atoms with Gasteiger partial charge in [-0.15, -0.1) is 0 Å². The van der Waals surface area contributed by atoms with Gasteiger partial charge in [-0.1, -0.05) is 35.9 Å². The van der Waals surface area contributed by atoms with Crippen molar-refractivity contribution in [2.24, 2.45) is 0 Å². The average Bonchev–Trinajstić information content (AvgIpc) is 2.61. The first-order valence-corrected chi connectivity index (χ1v) is 8.42. The minimum atomic E-state index is -0.385. The molecule has 0 atom stereocenters. The number of nitrogens with one attached hydrogen (secondary N) is 1. The molecule has 5 nitrogen and oxygen atoms in total. The first kappa shape index (κ1) is 17.3. The van der Waals surface area contributed by atoms with Crippen LogP contribution in [0.3, 0.4) is 0 Å². The largest absolute Gasteiger partial charge is 0.495 e. The fourth-order valence-corrected chi connectivity index (χ4v) is 3.10. The van der Waals surface area contributed by atoms with Crippen molar-refractivity contribution in [3.8, 4) is 5.75 Å². The Kier molecular flexibility index (Phi) is 5.24. The van der Waals surface area contributed by atoms with Crippen molar-refractivity contribution < 1.29 is 14.3 Å². The molecule has 2 aromatic rings. The lowest BCUT2D eigenvalue weighted by Gasteiger charge is -2.28. The number of halogens is 1. The van der Waals surface area contributed by atoms with Gasteiger partial charge in [0.25, 0.3) is 0 Å². The predicted molar refractivity (Wildman–Crippen MR) is 96.8 cm³/mol. The first-order chi connectivity index (χ1) is 12.1. The Labute approximate surface area is 151 Å². The van der Waals surface area contributed by atoms with Crippen molar-refractivity contribution >= 4 is 29.1 Å². The highest BCUT2D eigenvalue weighted by Gasteiger charge is 2.22. The van der Waals surface area contributed by atoms with Crippen LogP contribution in [0.5, 0.6) is 5.75 Å². The zero-order valence-corrected chi connectivity index (χ0v) is 14.7. The summed E-state index contributed by atoms with van der Waals surface area (Å²) in [6.45, 7) is 1.17. The second-order valence-electron chi connectivity index (χ2n) is 5.90. The van der Waals surface area contributed by atoms with Crippen molar-refractivity contribution in [1.82, 2.24) is 4.90 Å². The number of carbonyl (C=O) groups excluding carboxylic acids is 2. The van der Waals surface area contributed by atoms with Gasteiger partial charge in [-0.05, 0) is 35.7 Å². The summed E-state index contributed by atoms with van der Waals surface area (Å²) in [7, 11) is 1.51. The highest BCUT2D eigenvalue weighted by atomic mass is 35.5.